The molecule has 5 N–H and O–H groups in total. The molecule has 4 nitrogen and oxygen atoms in total. The van der Waals surface area contributed by atoms with E-state index in [0.29, 0.717) is 22.3 Å². The van der Waals surface area contributed by atoms with E-state index in [1.54, 1.807) is 6.07 Å². The van der Waals surface area contributed by atoms with Gasteiger partial charge in [0.15, 0.2) is 0 Å². The summed E-state index contributed by atoms with van der Waals surface area (Å²) in [5.74, 6) is 0. The first-order valence-corrected chi connectivity index (χ1v) is 8.11. The van der Waals surface area contributed by atoms with Crippen molar-refractivity contribution in [3.8, 4) is 0 Å². The summed E-state index contributed by atoms with van der Waals surface area (Å²) in [5.41, 5.74) is 8.95. The summed E-state index contributed by atoms with van der Waals surface area (Å²) >= 11 is 6.02. The van der Waals surface area contributed by atoms with E-state index >= 15 is 0 Å². The molecule has 0 saturated heterocycles. The lowest BCUT2D eigenvalue weighted by molar-refractivity contribution is 0.489. The molecule has 1 aromatic carbocycles. The zero-order valence-corrected chi connectivity index (χ0v) is 14.3. The number of nitrogens with one attached hydrogen (secondary N) is 3. The van der Waals surface area contributed by atoms with Gasteiger partial charge in [0.25, 0.3) is 0 Å². The molecule has 0 spiro atoms. The molecule has 0 amide bonds. The molecule has 0 aromatic heterocycles. The van der Waals surface area contributed by atoms with Crippen molar-refractivity contribution >= 4 is 29.2 Å². The van der Waals surface area contributed by atoms with E-state index in [1.165, 1.54) is 6.21 Å². The molecule has 1 rings (SSSR count). The minimum Gasteiger partial charge on any atom is -0.398 e. The van der Waals surface area contributed by atoms with Gasteiger partial charge in [0.05, 0.1) is 0 Å². The van der Waals surface area contributed by atoms with E-state index in [9.17, 15) is 0 Å². The van der Waals surface area contributed by atoms with E-state index in [0.717, 1.165) is 43.6 Å². The van der Waals surface area contributed by atoms with E-state index in [-0.39, 0.29) is 0 Å². The predicted molar refractivity (Wildman–Crippen MR) is 98.1 cm³/mol. The topological polar surface area (TPSA) is 73.9 Å². The van der Waals surface area contributed by atoms with Crippen LogP contribution in [-0.2, 0) is 0 Å². The third-order valence-corrected chi connectivity index (χ3v) is 3.78. The van der Waals surface area contributed by atoms with Crippen LogP contribution in [0.25, 0.3) is 0 Å². The van der Waals surface area contributed by atoms with Crippen LogP contribution in [0.2, 0.25) is 5.02 Å². The Bertz CT molecular complexity index is 514. The molecule has 0 bridgehead atoms. The number of benzene rings is 1. The quantitative estimate of drug-likeness (QED) is 0.293. The highest BCUT2D eigenvalue weighted by Gasteiger charge is 2.07. The molecule has 0 aliphatic rings. The number of hydrogen-bond donors (Lipinski definition) is 4. The first-order chi connectivity index (χ1) is 10.5. The van der Waals surface area contributed by atoms with Crippen LogP contribution in [0.4, 0.5) is 11.4 Å². The van der Waals surface area contributed by atoms with Crippen molar-refractivity contribution in [1.29, 1.82) is 5.41 Å². The third kappa shape index (κ3) is 5.98. The maximum Gasteiger partial charge on any atom is 0.0465 e. The van der Waals surface area contributed by atoms with Crippen molar-refractivity contribution in [2.24, 2.45) is 0 Å². The Balaban J connectivity index is 2.42. The van der Waals surface area contributed by atoms with Gasteiger partial charge in [-0.25, -0.2) is 0 Å². The molecule has 0 saturated carbocycles. The Hall–Kier alpha value is -1.68. The Labute approximate surface area is 138 Å². The van der Waals surface area contributed by atoms with Gasteiger partial charge in [0.2, 0.25) is 0 Å². The highest BCUT2D eigenvalue weighted by Crippen LogP contribution is 2.26. The zero-order chi connectivity index (χ0) is 16.5. The van der Waals surface area contributed by atoms with E-state index in [2.05, 4.69) is 24.1 Å². The van der Waals surface area contributed by atoms with Crippen molar-refractivity contribution in [3.63, 3.8) is 0 Å². The average Bonchev–Trinajstić information content (AvgIpc) is 2.44. The summed E-state index contributed by atoms with van der Waals surface area (Å²) in [6.07, 6.45) is 5.67. The maximum atomic E-state index is 7.45. The van der Waals surface area contributed by atoms with Crippen LogP contribution in [0.3, 0.4) is 0 Å². The van der Waals surface area contributed by atoms with E-state index in [4.69, 9.17) is 22.7 Å². The van der Waals surface area contributed by atoms with E-state index < -0.39 is 0 Å². The van der Waals surface area contributed by atoms with Gasteiger partial charge in [-0.3, -0.25) is 0 Å². The van der Waals surface area contributed by atoms with Gasteiger partial charge in [0.1, 0.15) is 0 Å². The molecule has 1 unspecified atom stereocenters. The first kappa shape index (κ1) is 18.4. The first-order valence-electron chi connectivity index (χ1n) is 7.73. The standard InChI is InChI=1S/C17H27ClN4/c1-4-14(22-12(2)3)7-5-6-8-21-17-10-13(18)9-16(20)15(17)11-19/h9-11,14,19,21-22H,2,4-8,20H2,1,3H3. The Morgan fingerprint density at radius 2 is 2.18 bits per heavy atom. The summed E-state index contributed by atoms with van der Waals surface area (Å²) in [6.45, 7) is 8.91. The highest BCUT2D eigenvalue weighted by atomic mass is 35.5. The molecule has 5 heteroatoms. The molecule has 0 aliphatic heterocycles. The number of halogens is 1. The van der Waals surface area contributed by atoms with Gasteiger partial charge in [-0.05, 0) is 44.7 Å². The number of allylic oxidation sites excluding steroid dienone is 1. The fourth-order valence-corrected chi connectivity index (χ4v) is 2.64. The lowest BCUT2D eigenvalue weighted by atomic mass is 10.1. The van der Waals surface area contributed by atoms with Crippen molar-refractivity contribution in [1.82, 2.24) is 5.32 Å². The summed E-state index contributed by atoms with van der Waals surface area (Å²) in [5, 5.41) is 14.8. The van der Waals surface area contributed by atoms with Crippen LogP contribution >= 0.6 is 11.6 Å². The van der Waals surface area contributed by atoms with Crippen molar-refractivity contribution < 1.29 is 0 Å². The maximum absolute atomic E-state index is 7.45. The van der Waals surface area contributed by atoms with Crippen molar-refractivity contribution in [3.05, 3.63) is 35.0 Å². The number of rotatable bonds is 10. The van der Waals surface area contributed by atoms with Gasteiger partial charge in [-0.2, -0.15) is 0 Å². The molecule has 22 heavy (non-hydrogen) atoms. The Morgan fingerprint density at radius 1 is 1.45 bits per heavy atom. The third-order valence-electron chi connectivity index (χ3n) is 3.56. The second-order valence-electron chi connectivity index (χ2n) is 5.55. The van der Waals surface area contributed by atoms with Crippen LogP contribution < -0.4 is 16.4 Å². The SMILES string of the molecule is C=C(C)NC(CC)CCCCNc1cc(Cl)cc(N)c1C=N. The number of hydrogen-bond acceptors (Lipinski definition) is 4. The highest BCUT2D eigenvalue weighted by molar-refractivity contribution is 6.31. The normalized spacial score (nSPS) is 11.8. The van der Waals surface area contributed by atoms with Crippen LogP contribution in [0.1, 0.15) is 45.1 Å². The van der Waals surface area contributed by atoms with Crippen LogP contribution in [0.5, 0.6) is 0 Å². The molecular weight excluding hydrogens is 296 g/mol. The second kappa shape index (κ2) is 9.36. The largest absolute Gasteiger partial charge is 0.398 e. The second-order valence-corrected chi connectivity index (χ2v) is 5.99. The summed E-state index contributed by atoms with van der Waals surface area (Å²) < 4.78 is 0. The van der Waals surface area contributed by atoms with Gasteiger partial charge < -0.3 is 21.8 Å². The number of nitrogens with two attached hydrogens (primary N) is 1. The van der Waals surface area contributed by atoms with Crippen molar-refractivity contribution in [2.45, 2.75) is 45.6 Å². The van der Waals surface area contributed by atoms with Crippen LogP contribution in [-0.4, -0.2) is 18.8 Å². The molecule has 0 fully saturated rings. The number of nitrogen functional groups attached to an aromatic ring is 1. The minimum atomic E-state index is 0.497. The monoisotopic (exact) mass is 322 g/mol. The van der Waals surface area contributed by atoms with Crippen LogP contribution in [0, 0.1) is 5.41 Å². The molecule has 0 aliphatic carbocycles. The molecular formula is C17H27ClN4. The molecule has 0 heterocycles. The Kier molecular flexibility index (Phi) is 7.82. The van der Waals surface area contributed by atoms with Crippen molar-refractivity contribution in [2.75, 3.05) is 17.6 Å². The Morgan fingerprint density at radius 3 is 2.77 bits per heavy atom. The fraction of sp³-hybridized carbons (Fsp3) is 0.471. The number of unbranched alkanes of at least 4 members (excludes halogenated alkanes) is 1. The lowest BCUT2D eigenvalue weighted by Crippen LogP contribution is -2.26. The lowest BCUT2D eigenvalue weighted by Gasteiger charge is -2.18. The smallest absolute Gasteiger partial charge is 0.0465 e. The molecule has 1 atom stereocenters. The minimum absolute atomic E-state index is 0.497. The van der Waals surface area contributed by atoms with Gasteiger partial charge in [0, 0.05) is 46.5 Å². The average molecular weight is 323 g/mol. The predicted octanol–water partition coefficient (Wildman–Crippen LogP) is 4.40. The van der Waals surface area contributed by atoms with Crippen LogP contribution in [0.15, 0.2) is 24.4 Å². The van der Waals surface area contributed by atoms with E-state index in [1.807, 2.05) is 13.0 Å². The van der Waals surface area contributed by atoms with Gasteiger partial charge in [-0.1, -0.05) is 25.1 Å². The molecule has 122 valence electrons. The van der Waals surface area contributed by atoms with Gasteiger partial charge >= 0.3 is 0 Å². The molecule has 1 aromatic rings. The fourth-order valence-electron chi connectivity index (χ4n) is 2.41. The zero-order valence-electron chi connectivity index (χ0n) is 13.5. The molecule has 0 radical (unpaired) electrons. The summed E-state index contributed by atoms with van der Waals surface area (Å²) in [7, 11) is 0. The summed E-state index contributed by atoms with van der Waals surface area (Å²) in [4.78, 5) is 0. The summed E-state index contributed by atoms with van der Waals surface area (Å²) in [6, 6.07) is 3.98. The number of anilines is 2. The van der Waals surface area contributed by atoms with Gasteiger partial charge in [-0.15, -0.1) is 0 Å².